The van der Waals surface area contributed by atoms with Gasteiger partial charge in [0.15, 0.2) is 0 Å². The standard InChI is InChI=1S/C13H16N2O2/c14-11-3-1-2-9-8-15(13(16)12(9)11)10-4-6-17-7-5-10/h1-3,8,10,16H,4-7,14H2. The van der Waals surface area contributed by atoms with Gasteiger partial charge in [-0.3, -0.25) is 0 Å². The third-order valence-corrected chi connectivity index (χ3v) is 3.46. The van der Waals surface area contributed by atoms with Gasteiger partial charge in [-0.1, -0.05) is 12.1 Å². The molecule has 3 N–H and O–H groups in total. The highest BCUT2D eigenvalue weighted by Gasteiger charge is 2.20. The number of aromatic nitrogens is 1. The first-order valence-corrected chi connectivity index (χ1v) is 5.93. The predicted molar refractivity (Wildman–Crippen MR) is 67.1 cm³/mol. The Morgan fingerprint density at radius 1 is 1.29 bits per heavy atom. The summed E-state index contributed by atoms with van der Waals surface area (Å²) in [6, 6.07) is 6.01. The van der Waals surface area contributed by atoms with Crippen molar-refractivity contribution in [3.63, 3.8) is 0 Å². The van der Waals surface area contributed by atoms with Gasteiger partial charge in [-0.15, -0.1) is 0 Å². The van der Waals surface area contributed by atoms with Gasteiger partial charge in [0, 0.05) is 36.5 Å². The van der Waals surface area contributed by atoms with E-state index in [0.29, 0.717) is 11.7 Å². The van der Waals surface area contributed by atoms with Crippen LogP contribution in [0.25, 0.3) is 10.8 Å². The minimum atomic E-state index is 0.282. The Balaban J connectivity index is 2.10. The van der Waals surface area contributed by atoms with Crippen LogP contribution in [-0.2, 0) is 4.74 Å². The van der Waals surface area contributed by atoms with Crippen molar-refractivity contribution in [2.75, 3.05) is 18.9 Å². The lowest BCUT2D eigenvalue weighted by Gasteiger charge is -2.24. The molecule has 0 radical (unpaired) electrons. The summed E-state index contributed by atoms with van der Waals surface area (Å²) in [4.78, 5) is 0. The lowest BCUT2D eigenvalue weighted by Crippen LogP contribution is -2.18. The van der Waals surface area contributed by atoms with E-state index in [1.165, 1.54) is 0 Å². The molecule has 2 aromatic rings. The van der Waals surface area contributed by atoms with Gasteiger partial charge < -0.3 is 20.1 Å². The van der Waals surface area contributed by atoms with E-state index in [9.17, 15) is 5.11 Å². The van der Waals surface area contributed by atoms with Crippen LogP contribution in [0, 0.1) is 0 Å². The fourth-order valence-electron chi connectivity index (χ4n) is 2.54. The van der Waals surface area contributed by atoms with Gasteiger partial charge in [-0.05, 0) is 18.9 Å². The number of rotatable bonds is 1. The summed E-state index contributed by atoms with van der Waals surface area (Å²) in [5, 5.41) is 12.0. The molecule has 4 heteroatoms. The van der Waals surface area contributed by atoms with Crippen LogP contribution in [-0.4, -0.2) is 22.9 Å². The molecule has 90 valence electrons. The summed E-state index contributed by atoms with van der Waals surface area (Å²) in [5.74, 6) is 0.282. The van der Waals surface area contributed by atoms with Crippen LogP contribution in [0.4, 0.5) is 5.69 Å². The van der Waals surface area contributed by atoms with Crippen LogP contribution in [0.5, 0.6) is 5.88 Å². The summed E-state index contributed by atoms with van der Waals surface area (Å²) in [5.41, 5.74) is 6.53. The number of anilines is 1. The lowest BCUT2D eigenvalue weighted by atomic mass is 10.1. The minimum absolute atomic E-state index is 0.282. The van der Waals surface area contributed by atoms with E-state index in [1.807, 2.05) is 29.0 Å². The third kappa shape index (κ3) is 1.65. The number of nitrogens with two attached hydrogens (primary N) is 1. The molecule has 1 saturated heterocycles. The average Bonchev–Trinajstić information content (AvgIpc) is 2.69. The fourth-order valence-corrected chi connectivity index (χ4v) is 2.54. The maximum absolute atomic E-state index is 10.3. The normalized spacial score (nSPS) is 17.6. The second-order valence-electron chi connectivity index (χ2n) is 4.51. The SMILES string of the molecule is Nc1cccc2cn(C3CCOCC3)c(O)c12. The number of hydrogen-bond donors (Lipinski definition) is 2. The van der Waals surface area contributed by atoms with E-state index in [1.54, 1.807) is 0 Å². The molecule has 4 nitrogen and oxygen atoms in total. The molecule has 0 aliphatic carbocycles. The van der Waals surface area contributed by atoms with Crippen molar-refractivity contribution in [1.29, 1.82) is 0 Å². The average molecular weight is 232 g/mol. The number of benzene rings is 1. The maximum Gasteiger partial charge on any atom is 0.201 e. The highest BCUT2D eigenvalue weighted by atomic mass is 16.5. The molecule has 0 atom stereocenters. The number of fused-ring (bicyclic) bond motifs is 1. The second kappa shape index (κ2) is 3.96. The first-order valence-electron chi connectivity index (χ1n) is 5.93. The molecular weight excluding hydrogens is 216 g/mol. The molecule has 0 bridgehead atoms. The van der Waals surface area contributed by atoms with Gasteiger partial charge in [0.05, 0.1) is 5.39 Å². The van der Waals surface area contributed by atoms with Gasteiger partial charge in [-0.2, -0.15) is 0 Å². The topological polar surface area (TPSA) is 60.4 Å². The molecule has 1 aliphatic heterocycles. The smallest absolute Gasteiger partial charge is 0.201 e. The molecule has 17 heavy (non-hydrogen) atoms. The summed E-state index contributed by atoms with van der Waals surface area (Å²) in [7, 11) is 0. The maximum atomic E-state index is 10.3. The highest BCUT2D eigenvalue weighted by molar-refractivity contribution is 5.97. The zero-order chi connectivity index (χ0) is 11.8. The Morgan fingerprint density at radius 2 is 2.06 bits per heavy atom. The third-order valence-electron chi connectivity index (χ3n) is 3.46. The Kier molecular flexibility index (Phi) is 2.44. The fraction of sp³-hybridized carbons (Fsp3) is 0.385. The summed E-state index contributed by atoms with van der Waals surface area (Å²) < 4.78 is 7.27. The zero-order valence-corrected chi connectivity index (χ0v) is 9.60. The summed E-state index contributed by atoms with van der Waals surface area (Å²) in [6.45, 7) is 1.52. The first-order chi connectivity index (χ1) is 8.27. The van der Waals surface area contributed by atoms with Crippen molar-refractivity contribution in [3.05, 3.63) is 24.4 Å². The molecule has 0 spiro atoms. The molecule has 3 rings (SSSR count). The van der Waals surface area contributed by atoms with E-state index in [-0.39, 0.29) is 5.88 Å². The molecule has 0 unspecified atom stereocenters. The number of nitrogen functional groups attached to an aromatic ring is 1. The van der Waals surface area contributed by atoms with Crippen LogP contribution < -0.4 is 5.73 Å². The van der Waals surface area contributed by atoms with Crippen molar-refractivity contribution in [2.24, 2.45) is 0 Å². The zero-order valence-electron chi connectivity index (χ0n) is 9.60. The molecule has 1 aromatic heterocycles. The van der Waals surface area contributed by atoms with Crippen molar-refractivity contribution in [1.82, 2.24) is 4.57 Å². The Labute approximate surface area is 99.6 Å². The second-order valence-corrected chi connectivity index (χ2v) is 4.51. The van der Waals surface area contributed by atoms with Gasteiger partial charge in [0.25, 0.3) is 0 Å². The number of ether oxygens (including phenoxy) is 1. The first kappa shape index (κ1) is 10.5. The van der Waals surface area contributed by atoms with Gasteiger partial charge in [0.1, 0.15) is 0 Å². The van der Waals surface area contributed by atoms with Crippen LogP contribution in [0.1, 0.15) is 18.9 Å². The quantitative estimate of drug-likeness (QED) is 0.741. The van der Waals surface area contributed by atoms with Crippen molar-refractivity contribution < 1.29 is 9.84 Å². The van der Waals surface area contributed by atoms with Crippen LogP contribution >= 0.6 is 0 Å². The van der Waals surface area contributed by atoms with Crippen LogP contribution in [0.15, 0.2) is 24.4 Å². The molecule has 1 aliphatic rings. The molecule has 0 saturated carbocycles. The molecule has 2 heterocycles. The van der Waals surface area contributed by atoms with Crippen molar-refractivity contribution in [3.8, 4) is 5.88 Å². The largest absolute Gasteiger partial charge is 0.494 e. The molecule has 1 aromatic carbocycles. The minimum Gasteiger partial charge on any atom is -0.494 e. The van der Waals surface area contributed by atoms with E-state index >= 15 is 0 Å². The van der Waals surface area contributed by atoms with Crippen LogP contribution in [0.3, 0.4) is 0 Å². The van der Waals surface area contributed by atoms with Gasteiger partial charge >= 0.3 is 0 Å². The number of hydrogen-bond acceptors (Lipinski definition) is 3. The Bertz CT molecular complexity index is 542. The van der Waals surface area contributed by atoms with Gasteiger partial charge in [0.2, 0.25) is 5.88 Å². The molecule has 0 amide bonds. The van der Waals surface area contributed by atoms with E-state index in [0.717, 1.165) is 36.8 Å². The highest BCUT2D eigenvalue weighted by Crippen LogP contribution is 2.36. The Hall–Kier alpha value is -1.68. The van der Waals surface area contributed by atoms with Crippen molar-refractivity contribution >= 4 is 16.5 Å². The van der Waals surface area contributed by atoms with E-state index in [4.69, 9.17) is 10.5 Å². The summed E-state index contributed by atoms with van der Waals surface area (Å²) >= 11 is 0. The lowest BCUT2D eigenvalue weighted by molar-refractivity contribution is 0.0679. The molecule has 1 fully saturated rings. The number of aromatic hydroxyl groups is 1. The van der Waals surface area contributed by atoms with E-state index < -0.39 is 0 Å². The monoisotopic (exact) mass is 232 g/mol. The summed E-state index contributed by atoms with van der Waals surface area (Å²) in [6.07, 6.45) is 3.86. The van der Waals surface area contributed by atoms with E-state index in [2.05, 4.69) is 0 Å². The van der Waals surface area contributed by atoms with Gasteiger partial charge in [-0.25, -0.2) is 0 Å². The predicted octanol–water partition coefficient (Wildman–Crippen LogP) is 2.28. The Morgan fingerprint density at radius 3 is 2.76 bits per heavy atom. The molecular formula is C13H16N2O2. The van der Waals surface area contributed by atoms with Crippen molar-refractivity contribution in [2.45, 2.75) is 18.9 Å². The van der Waals surface area contributed by atoms with Crippen LogP contribution in [0.2, 0.25) is 0 Å². The number of nitrogens with zero attached hydrogens (tertiary/aromatic N) is 1.